The number of benzene rings is 4. The van der Waals surface area contributed by atoms with E-state index in [1.54, 1.807) is 84.9 Å². The average molecular weight is 690 g/mol. The second kappa shape index (κ2) is 16.4. The number of hydrogen-bond donors (Lipinski definition) is 2. The Balaban J connectivity index is 1.48. The second-order valence-corrected chi connectivity index (χ2v) is 11.0. The predicted octanol–water partition coefficient (Wildman–Crippen LogP) is 8.04. The van der Waals surface area contributed by atoms with E-state index in [-0.39, 0.29) is 21.4 Å². The Bertz CT molecular complexity index is 1780. The minimum absolute atomic E-state index is 0.203. The van der Waals surface area contributed by atoms with Crippen molar-refractivity contribution in [2.75, 3.05) is 24.9 Å². The van der Waals surface area contributed by atoms with E-state index in [2.05, 4.69) is 31.1 Å². The van der Waals surface area contributed by atoms with Crippen molar-refractivity contribution in [3.8, 4) is 22.6 Å². The van der Waals surface area contributed by atoms with Crippen LogP contribution < -0.4 is 20.1 Å². The number of Topliss-reactive ketones (excluding diaryl/α,β-unsaturated/α-hetero) is 2. The smallest absolute Gasteiger partial charge is 0.258 e. The number of carbonyl (C=O) groups excluding carboxylic acids is 4. The Morgan fingerprint density at radius 2 is 0.979 bits per heavy atom. The number of nitrogens with one attached hydrogen (secondary N) is 2. The van der Waals surface area contributed by atoms with Gasteiger partial charge in [-0.3, -0.25) is 19.2 Å². The van der Waals surface area contributed by atoms with Crippen LogP contribution in [0.2, 0.25) is 10.0 Å². The van der Waals surface area contributed by atoms with Crippen LogP contribution in [0.3, 0.4) is 0 Å². The van der Waals surface area contributed by atoms with Crippen LogP contribution >= 0.6 is 23.2 Å². The number of azo groups is 2. The van der Waals surface area contributed by atoms with Crippen molar-refractivity contribution in [1.82, 2.24) is 0 Å². The van der Waals surface area contributed by atoms with Gasteiger partial charge >= 0.3 is 0 Å². The van der Waals surface area contributed by atoms with Crippen LogP contribution in [-0.2, 0) is 19.2 Å². The lowest BCUT2D eigenvalue weighted by Gasteiger charge is -2.12. The van der Waals surface area contributed by atoms with Gasteiger partial charge in [0.05, 0.1) is 35.6 Å². The minimum atomic E-state index is -1.42. The molecule has 0 radical (unpaired) electrons. The molecule has 0 unspecified atom stereocenters. The zero-order chi connectivity index (χ0) is 34.8. The standard InChI is InChI=1S/C34H30Cl2N6O6/c1-19(43)31(33(45)37-27-9-5-7-11-29(27)47-3)41-39-25-15-13-21(17-23(25)35)22-14-16-26(24(36)18-22)40-42-32(20(2)44)34(46)38-28-10-6-8-12-30(28)48-4/h5-18,31-32H,1-4H3,(H,37,45)(H,38,46)/t31-,32-/m0/s1. The second-order valence-electron chi connectivity index (χ2n) is 10.2. The van der Waals surface area contributed by atoms with E-state index in [0.29, 0.717) is 34.0 Å². The van der Waals surface area contributed by atoms with E-state index in [1.165, 1.54) is 28.1 Å². The van der Waals surface area contributed by atoms with Crippen LogP contribution in [0.5, 0.6) is 11.5 Å². The molecule has 0 saturated heterocycles. The van der Waals surface area contributed by atoms with E-state index in [0.717, 1.165) is 0 Å². The van der Waals surface area contributed by atoms with Gasteiger partial charge in [-0.1, -0.05) is 59.6 Å². The zero-order valence-corrected chi connectivity index (χ0v) is 27.7. The summed E-state index contributed by atoms with van der Waals surface area (Å²) in [6, 6.07) is 20.5. The number of ketones is 2. The van der Waals surface area contributed by atoms with Crippen molar-refractivity contribution < 1.29 is 28.7 Å². The Hall–Kier alpha value is -5.46. The van der Waals surface area contributed by atoms with Gasteiger partial charge in [0.25, 0.3) is 11.8 Å². The lowest BCUT2D eigenvalue weighted by Crippen LogP contribution is -2.31. The molecule has 0 spiro atoms. The number of para-hydroxylation sites is 4. The quantitative estimate of drug-likeness (QED) is 0.107. The number of amides is 2. The molecule has 0 aliphatic heterocycles. The molecule has 12 nitrogen and oxygen atoms in total. The number of hydrogen-bond acceptors (Lipinski definition) is 10. The van der Waals surface area contributed by atoms with Gasteiger partial charge in [-0.05, 0) is 73.5 Å². The molecule has 0 fully saturated rings. The van der Waals surface area contributed by atoms with E-state index in [4.69, 9.17) is 32.7 Å². The summed E-state index contributed by atoms with van der Waals surface area (Å²) in [4.78, 5) is 50.1. The third-order valence-corrected chi connectivity index (χ3v) is 7.39. The van der Waals surface area contributed by atoms with Gasteiger partial charge in [0.1, 0.15) is 22.9 Å². The van der Waals surface area contributed by atoms with Crippen LogP contribution in [0.25, 0.3) is 11.1 Å². The molecule has 0 aliphatic carbocycles. The highest BCUT2D eigenvalue weighted by Crippen LogP contribution is 2.35. The summed E-state index contributed by atoms with van der Waals surface area (Å²) in [7, 11) is 2.93. The monoisotopic (exact) mass is 688 g/mol. The lowest BCUT2D eigenvalue weighted by atomic mass is 10.0. The van der Waals surface area contributed by atoms with Crippen molar-refractivity contribution in [3.63, 3.8) is 0 Å². The zero-order valence-electron chi connectivity index (χ0n) is 26.2. The number of carbonyl (C=O) groups is 4. The van der Waals surface area contributed by atoms with Crippen molar-refractivity contribution >= 4 is 69.3 Å². The molecule has 4 aromatic carbocycles. The van der Waals surface area contributed by atoms with Crippen LogP contribution in [0.1, 0.15) is 13.8 Å². The molecule has 2 amide bonds. The maximum Gasteiger partial charge on any atom is 0.258 e. The van der Waals surface area contributed by atoms with Gasteiger partial charge in [0.15, 0.2) is 11.6 Å². The molecule has 14 heteroatoms. The van der Waals surface area contributed by atoms with Crippen LogP contribution in [-0.4, -0.2) is 49.7 Å². The molecule has 2 N–H and O–H groups in total. The highest BCUT2D eigenvalue weighted by Gasteiger charge is 2.25. The highest BCUT2D eigenvalue weighted by molar-refractivity contribution is 6.34. The first-order chi connectivity index (χ1) is 23.0. The largest absolute Gasteiger partial charge is 0.495 e. The topological polar surface area (TPSA) is 160 Å². The molecular weight excluding hydrogens is 659 g/mol. The molecule has 2 atom stereocenters. The van der Waals surface area contributed by atoms with Gasteiger partial charge in [0, 0.05) is 0 Å². The molecule has 0 heterocycles. The fourth-order valence-electron chi connectivity index (χ4n) is 4.31. The summed E-state index contributed by atoms with van der Waals surface area (Å²) < 4.78 is 10.5. The Morgan fingerprint density at radius 3 is 1.31 bits per heavy atom. The van der Waals surface area contributed by atoms with Gasteiger partial charge in [-0.25, -0.2) is 0 Å². The molecular formula is C34H30Cl2N6O6. The summed E-state index contributed by atoms with van der Waals surface area (Å²) in [6.45, 7) is 2.47. The molecule has 246 valence electrons. The Labute approximate surface area is 286 Å². The fraction of sp³-hybridized carbons (Fsp3) is 0.176. The highest BCUT2D eigenvalue weighted by atomic mass is 35.5. The molecule has 0 aromatic heterocycles. The van der Waals surface area contributed by atoms with Gasteiger partial charge in [-0.2, -0.15) is 20.5 Å². The maximum atomic E-state index is 12.8. The first-order valence-electron chi connectivity index (χ1n) is 14.3. The van der Waals surface area contributed by atoms with Crippen molar-refractivity contribution in [2.24, 2.45) is 20.5 Å². The molecule has 48 heavy (non-hydrogen) atoms. The average Bonchev–Trinajstić information content (AvgIpc) is 3.06. The number of halogens is 2. The van der Waals surface area contributed by atoms with Crippen LogP contribution in [0, 0.1) is 0 Å². The van der Waals surface area contributed by atoms with E-state index in [9.17, 15) is 19.2 Å². The Kier molecular flexibility index (Phi) is 12.1. The van der Waals surface area contributed by atoms with E-state index >= 15 is 0 Å². The first kappa shape index (κ1) is 35.4. The Morgan fingerprint density at radius 1 is 0.604 bits per heavy atom. The summed E-state index contributed by atoms with van der Waals surface area (Å²) in [5.74, 6) is -1.54. The molecule has 0 bridgehead atoms. The van der Waals surface area contributed by atoms with Gasteiger partial charge in [0.2, 0.25) is 12.1 Å². The molecule has 4 aromatic rings. The molecule has 4 rings (SSSR count). The molecule has 0 aliphatic rings. The number of rotatable bonds is 13. The fourth-order valence-corrected chi connectivity index (χ4v) is 4.75. The van der Waals surface area contributed by atoms with Crippen molar-refractivity contribution in [1.29, 1.82) is 0 Å². The summed E-state index contributed by atoms with van der Waals surface area (Å²) in [5.41, 5.74) is 2.56. The predicted molar refractivity (Wildman–Crippen MR) is 183 cm³/mol. The lowest BCUT2D eigenvalue weighted by molar-refractivity contribution is -0.127. The van der Waals surface area contributed by atoms with Gasteiger partial charge < -0.3 is 20.1 Å². The summed E-state index contributed by atoms with van der Waals surface area (Å²) in [6.07, 6.45) is 0. The van der Waals surface area contributed by atoms with Crippen LogP contribution in [0.15, 0.2) is 105 Å². The maximum absolute atomic E-state index is 12.8. The number of methoxy groups -OCH3 is 2. The minimum Gasteiger partial charge on any atom is -0.495 e. The summed E-state index contributed by atoms with van der Waals surface area (Å²) in [5, 5.41) is 21.7. The summed E-state index contributed by atoms with van der Waals surface area (Å²) >= 11 is 13.0. The van der Waals surface area contributed by atoms with Crippen molar-refractivity contribution in [2.45, 2.75) is 25.9 Å². The van der Waals surface area contributed by atoms with Crippen molar-refractivity contribution in [3.05, 3.63) is 95.0 Å². The number of ether oxygens (including phenoxy) is 2. The number of nitrogens with zero attached hydrogens (tertiary/aromatic N) is 4. The first-order valence-corrected chi connectivity index (χ1v) is 15.1. The SMILES string of the molecule is COc1ccccc1NC(=O)[C@@H](N=Nc1ccc(-c2ccc(N=N[C@@H](C(C)=O)C(=O)Nc3ccccc3OC)c(Cl)c2)cc1Cl)C(C)=O. The van der Waals surface area contributed by atoms with E-state index < -0.39 is 35.5 Å². The molecule has 0 saturated carbocycles. The third-order valence-electron chi connectivity index (χ3n) is 6.79. The normalized spacial score (nSPS) is 12.4. The van der Waals surface area contributed by atoms with E-state index in [1.807, 2.05) is 0 Å². The van der Waals surface area contributed by atoms with Gasteiger partial charge in [-0.15, -0.1) is 0 Å². The third kappa shape index (κ3) is 8.87. The number of anilines is 2. The van der Waals surface area contributed by atoms with Crippen LogP contribution in [0.4, 0.5) is 22.7 Å².